The first kappa shape index (κ1) is 7.69. The molecule has 68 valence electrons. The number of hydrogen-bond acceptors (Lipinski definition) is 1. The Morgan fingerprint density at radius 2 is 2.00 bits per heavy atom. The Hall–Kier alpha value is -0.690. The highest BCUT2D eigenvalue weighted by atomic mass is 35.5. The highest BCUT2D eigenvalue weighted by Crippen LogP contribution is 2.46. The van der Waals surface area contributed by atoms with E-state index in [0.29, 0.717) is 0 Å². The molecule has 1 aromatic rings. The van der Waals surface area contributed by atoms with Crippen LogP contribution >= 0.6 is 11.6 Å². The van der Waals surface area contributed by atoms with E-state index in [2.05, 4.69) is 17.0 Å². The molecule has 2 fully saturated rings. The van der Waals surface area contributed by atoms with E-state index in [0.717, 1.165) is 16.9 Å². The van der Waals surface area contributed by atoms with Crippen molar-refractivity contribution < 1.29 is 0 Å². The molecule has 0 bridgehead atoms. The molecule has 1 saturated carbocycles. The van der Waals surface area contributed by atoms with Gasteiger partial charge in [0.1, 0.15) is 0 Å². The van der Waals surface area contributed by atoms with E-state index in [1.54, 1.807) is 0 Å². The van der Waals surface area contributed by atoms with Gasteiger partial charge in [-0.25, -0.2) is 0 Å². The van der Waals surface area contributed by atoms with Crippen molar-refractivity contribution >= 4 is 17.3 Å². The Morgan fingerprint density at radius 3 is 2.69 bits per heavy atom. The minimum Gasteiger partial charge on any atom is -0.371 e. The van der Waals surface area contributed by atoms with Crippen LogP contribution in [0.4, 0.5) is 5.69 Å². The minimum absolute atomic E-state index is 0.845. The largest absolute Gasteiger partial charge is 0.371 e. The summed E-state index contributed by atoms with van der Waals surface area (Å²) in [5.41, 5.74) is 1.29. The molecule has 1 nitrogen and oxygen atoms in total. The molecule has 2 atom stereocenters. The van der Waals surface area contributed by atoms with Crippen molar-refractivity contribution in [3.8, 4) is 0 Å². The van der Waals surface area contributed by atoms with Gasteiger partial charge in [0.15, 0.2) is 0 Å². The number of halogens is 1. The first-order valence-corrected chi connectivity index (χ1v) is 5.21. The molecule has 1 aliphatic carbocycles. The van der Waals surface area contributed by atoms with E-state index in [4.69, 9.17) is 11.6 Å². The molecule has 1 saturated heterocycles. The second kappa shape index (κ2) is 2.65. The zero-order valence-electron chi connectivity index (χ0n) is 7.41. The molecule has 13 heavy (non-hydrogen) atoms. The lowest BCUT2D eigenvalue weighted by Crippen LogP contribution is -2.21. The maximum absolute atomic E-state index is 5.94. The Kier molecular flexibility index (Phi) is 1.57. The molecular weight excluding hydrogens is 182 g/mol. The van der Waals surface area contributed by atoms with Gasteiger partial charge in [-0.3, -0.25) is 0 Å². The average molecular weight is 194 g/mol. The fourth-order valence-corrected chi connectivity index (χ4v) is 2.47. The Morgan fingerprint density at radius 1 is 1.23 bits per heavy atom. The normalized spacial score (nSPS) is 30.4. The lowest BCUT2D eigenvalue weighted by molar-refractivity contribution is 0.820. The fourth-order valence-electron chi connectivity index (χ4n) is 2.28. The van der Waals surface area contributed by atoms with Crippen LogP contribution in [0.3, 0.4) is 0 Å². The molecule has 1 aliphatic heterocycles. The van der Waals surface area contributed by atoms with E-state index in [9.17, 15) is 0 Å². The third kappa shape index (κ3) is 1.31. The summed E-state index contributed by atoms with van der Waals surface area (Å²) in [4.78, 5) is 2.45. The predicted octanol–water partition coefficient (Wildman–Crippen LogP) is 2.80. The monoisotopic (exact) mass is 193 g/mol. The average Bonchev–Trinajstić information content (AvgIpc) is 2.74. The summed E-state index contributed by atoms with van der Waals surface area (Å²) in [6.45, 7) is 2.48. The van der Waals surface area contributed by atoms with Crippen molar-refractivity contribution in [2.75, 3.05) is 18.0 Å². The Bertz CT molecular complexity index is 327. The van der Waals surface area contributed by atoms with Crippen LogP contribution in [0.1, 0.15) is 6.42 Å². The minimum atomic E-state index is 0.845. The number of anilines is 1. The lowest BCUT2D eigenvalue weighted by atomic mass is 10.3. The first-order valence-electron chi connectivity index (χ1n) is 4.83. The third-order valence-electron chi connectivity index (χ3n) is 3.15. The summed E-state index contributed by atoms with van der Waals surface area (Å²) >= 11 is 5.94. The number of rotatable bonds is 1. The maximum Gasteiger partial charge on any atom is 0.0426 e. The van der Waals surface area contributed by atoms with E-state index in [1.807, 2.05) is 12.1 Å². The van der Waals surface area contributed by atoms with Gasteiger partial charge in [-0.15, -0.1) is 0 Å². The van der Waals surface area contributed by atoms with Crippen molar-refractivity contribution in [3.63, 3.8) is 0 Å². The molecule has 0 amide bonds. The second-order valence-electron chi connectivity index (χ2n) is 4.14. The van der Waals surface area contributed by atoms with E-state index in [1.165, 1.54) is 25.2 Å². The third-order valence-corrected chi connectivity index (χ3v) is 3.39. The van der Waals surface area contributed by atoms with Crippen LogP contribution < -0.4 is 4.90 Å². The molecule has 2 unspecified atom stereocenters. The summed E-state index contributed by atoms with van der Waals surface area (Å²) in [6, 6.07) is 8.17. The molecule has 0 N–H and O–H groups in total. The van der Waals surface area contributed by atoms with E-state index >= 15 is 0 Å². The zero-order valence-corrected chi connectivity index (χ0v) is 8.17. The number of benzene rings is 1. The Balaban J connectivity index is 1.84. The zero-order chi connectivity index (χ0) is 8.84. The highest BCUT2D eigenvalue weighted by molar-refractivity contribution is 6.30. The van der Waals surface area contributed by atoms with Crippen LogP contribution in [0.5, 0.6) is 0 Å². The molecule has 2 heteroatoms. The van der Waals surface area contributed by atoms with Gasteiger partial charge in [0.25, 0.3) is 0 Å². The molecular formula is C11H12ClN. The van der Waals surface area contributed by atoms with Gasteiger partial charge in [-0.2, -0.15) is 0 Å². The molecule has 3 rings (SSSR count). The Labute approximate surface area is 83.3 Å². The SMILES string of the molecule is Clc1cccc(N2CC3CC3C2)c1. The number of piperidine rings is 1. The molecule has 1 heterocycles. The van der Waals surface area contributed by atoms with Gasteiger partial charge in [-0.1, -0.05) is 17.7 Å². The van der Waals surface area contributed by atoms with E-state index in [-0.39, 0.29) is 0 Å². The van der Waals surface area contributed by atoms with Crippen molar-refractivity contribution in [2.24, 2.45) is 11.8 Å². The molecule has 0 radical (unpaired) electrons. The van der Waals surface area contributed by atoms with Gasteiger partial charge >= 0.3 is 0 Å². The number of fused-ring (bicyclic) bond motifs is 1. The van der Waals surface area contributed by atoms with Crippen LogP contribution in [-0.4, -0.2) is 13.1 Å². The molecule has 1 aromatic carbocycles. The fraction of sp³-hybridized carbons (Fsp3) is 0.455. The van der Waals surface area contributed by atoms with Crippen LogP contribution in [0.15, 0.2) is 24.3 Å². The van der Waals surface area contributed by atoms with Crippen molar-refractivity contribution in [3.05, 3.63) is 29.3 Å². The molecule has 0 spiro atoms. The number of nitrogens with zero attached hydrogens (tertiary/aromatic N) is 1. The van der Waals surface area contributed by atoms with Gasteiger partial charge in [0, 0.05) is 23.8 Å². The summed E-state index contributed by atoms with van der Waals surface area (Å²) < 4.78 is 0. The van der Waals surface area contributed by atoms with E-state index < -0.39 is 0 Å². The standard InChI is InChI=1S/C11H12ClN/c12-10-2-1-3-11(5-10)13-6-8-4-9(8)7-13/h1-3,5,8-9H,4,6-7H2. The first-order chi connectivity index (χ1) is 6.33. The maximum atomic E-state index is 5.94. The summed E-state index contributed by atoms with van der Waals surface area (Å²) in [6.07, 6.45) is 1.46. The highest BCUT2D eigenvalue weighted by Gasteiger charge is 2.44. The van der Waals surface area contributed by atoms with Crippen molar-refractivity contribution in [1.29, 1.82) is 0 Å². The predicted molar refractivity (Wildman–Crippen MR) is 55.3 cm³/mol. The van der Waals surface area contributed by atoms with Crippen LogP contribution in [-0.2, 0) is 0 Å². The van der Waals surface area contributed by atoms with Crippen molar-refractivity contribution in [2.45, 2.75) is 6.42 Å². The molecule has 2 aliphatic rings. The summed E-state index contributed by atoms with van der Waals surface area (Å²) in [5, 5.41) is 0.845. The quantitative estimate of drug-likeness (QED) is 0.663. The van der Waals surface area contributed by atoms with Gasteiger partial charge < -0.3 is 4.90 Å². The summed E-state index contributed by atoms with van der Waals surface area (Å²) in [7, 11) is 0. The number of hydrogen-bond donors (Lipinski definition) is 0. The lowest BCUT2D eigenvalue weighted by Gasteiger charge is -2.20. The van der Waals surface area contributed by atoms with Gasteiger partial charge in [0.05, 0.1) is 0 Å². The van der Waals surface area contributed by atoms with Crippen LogP contribution in [0.25, 0.3) is 0 Å². The smallest absolute Gasteiger partial charge is 0.0426 e. The van der Waals surface area contributed by atoms with Crippen molar-refractivity contribution in [1.82, 2.24) is 0 Å². The van der Waals surface area contributed by atoms with Crippen LogP contribution in [0.2, 0.25) is 5.02 Å². The molecule has 0 aromatic heterocycles. The van der Waals surface area contributed by atoms with Gasteiger partial charge in [-0.05, 0) is 36.5 Å². The van der Waals surface area contributed by atoms with Crippen LogP contribution in [0, 0.1) is 11.8 Å². The topological polar surface area (TPSA) is 3.24 Å². The second-order valence-corrected chi connectivity index (χ2v) is 4.58. The summed E-state index contributed by atoms with van der Waals surface area (Å²) in [5.74, 6) is 1.97. The van der Waals surface area contributed by atoms with Gasteiger partial charge in [0.2, 0.25) is 0 Å².